The predicted molar refractivity (Wildman–Crippen MR) is 44.0 cm³/mol. The Bertz CT molecular complexity index is 80.1. The third-order valence-corrected chi connectivity index (χ3v) is 2.75. The van der Waals surface area contributed by atoms with Gasteiger partial charge >= 0.3 is 0 Å². The Morgan fingerprint density at radius 3 is 2.86 bits per heavy atom. The normalized spacial score (nSPS) is 30.7. The number of thioether (sulfide) groups is 1. The average molecular weight is 226 g/mol. The van der Waals surface area contributed by atoms with Gasteiger partial charge in [0.15, 0.2) is 0 Å². The molecule has 0 bridgehead atoms. The summed E-state index contributed by atoms with van der Waals surface area (Å²) in [5.74, 6) is 1.31. The fourth-order valence-electron chi connectivity index (χ4n) is 0.486. The van der Waals surface area contributed by atoms with Crippen molar-refractivity contribution in [1.82, 2.24) is 0 Å². The number of rotatable bonds is 0. The van der Waals surface area contributed by atoms with Crippen LogP contribution >= 0.6 is 34.4 Å². The summed E-state index contributed by atoms with van der Waals surface area (Å²) in [6.07, 6.45) is 3.61. The van der Waals surface area contributed by atoms with Gasteiger partial charge in [0.2, 0.25) is 0 Å². The van der Waals surface area contributed by atoms with Gasteiger partial charge in [-0.1, -0.05) is 28.7 Å². The maximum absolute atomic E-state index is 2.46. The number of allylic oxidation sites excluding steroid dienone is 1. The second kappa shape index (κ2) is 2.97. The van der Waals surface area contributed by atoms with E-state index in [1.54, 1.807) is 0 Å². The standard InChI is InChI=1S/C5H7IS/c6-5-1-3-7-4-2-5/h1,3,5H,2,4H2. The summed E-state index contributed by atoms with van der Waals surface area (Å²) in [4.78, 5) is 0. The van der Waals surface area contributed by atoms with E-state index in [9.17, 15) is 0 Å². The van der Waals surface area contributed by atoms with Crippen molar-refractivity contribution in [1.29, 1.82) is 0 Å². The Kier molecular flexibility index (Phi) is 2.52. The highest BCUT2D eigenvalue weighted by Crippen LogP contribution is 2.19. The monoisotopic (exact) mass is 226 g/mol. The van der Waals surface area contributed by atoms with E-state index in [0.717, 1.165) is 3.92 Å². The third-order valence-electron chi connectivity index (χ3n) is 0.895. The molecule has 0 nitrogen and oxygen atoms in total. The molecule has 1 heterocycles. The smallest absolute Gasteiger partial charge is 0.0305 e. The van der Waals surface area contributed by atoms with Crippen molar-refractivity contribution in [2.75, 3.05) is 5.75 Å². The maximum atomic E-state index is 2.46. The van der Waals surface area contributed by atoms with Crippen LogP contribution in [0.3, 0.4) is 0 Å². The molecule has 40 valence electrons. The van der Waals surface area contributed by atoms with Crippen molar-refractivity contribution < 1.29 is 0 Å². The highest BCUT2D eigenvalue weighted by Gasteiger charge is 2.01. The van der Waals surface area contributed by atoms with Gasteiger partial charge in [0.05, 0.1) is 0 Å². The lowest BCUT2D eigenvalue weighted by Crippen LogP contribution is -1.96. The minimum atomic E-state index is 0.804. The number of hydrogen-bond acceptors (Lipinski definition) is 1. The molecule has 1 aliphatic rings. The van der Waals surface area contributed by atoms with Crippen molar-refractivity contribution in [3.05, 3.63) is 11.5 Å². The van der Waals surface area contributed by atoms with Gasteiger partial charge in [0.25, 0.3) is 0 Å². The van der Waals surface area contributed by atoms with Gasteiger partial charge in [-0.05, 0) is 17.6 Å². The van der Waals surface area contributed by atoms with E-state index in [4.69, 9.17) is 0 Å². The van der Waals surface area contributed by atoms with E-state index >= 15 is 0 Å². The Morgan fingerprint density at radius 1 is 1.71 bits per heavy atom. The molecule has 0 aliphatic carbocycles. The van der Waals surface area contributed by atoms with E-state index in [1.807, 2.05) is 11.8 Å². The molecule has 7 heavy (non-hydrogen) atoms. The van der Waals surface area contributed by atoms with E-state index in [-0.39, 0.29) is 0 Å². The Hall–Kier alpha value is 0.820. The Balaban J connectivity index is 2.36. The SMILES string of the molecule is IC1C=CSCC1. The zero-order valence-electron chi connectivity index (χ0n) is 3.93. The second-order valence-electron chi connectivity index (χ2n) is 1.50. The largest absolute Gasteiger partial charge is 0.134 e. The van der Waals surface area contributed by atoms with Crippen molar-refractivity contribution >= 4 is 34.4 Å². The van der Waals surface area contributed by atoms with Gasteiger partial charge in [-0.2, -0.15) is 0 Å². The van der Waals surface area contributed by atoms with E-state index in [0.29, 0.717) is 0 Å². The second-order valence-corrected chi connectivity index (χ2v) is 4.12. The molecule has 2 heteroatoms. The van der Waals surface area contributed by atoms with Gasteiger partial charge < -0.3 is 0 Å². The molecule has 1 unspecified atom stereocenters. The molecule has 0 N–H and O–H groups in total. The first-order chi connectivity index (χ1) is 3.39. The van der Waals surface area contributed by atoms with Gasteiger partial charge in [0.1, 0.15) is 0 Å². The summed E-state index contributed by atoms with van der Waals surface area (Å²) in [7, 11) is 0. The molecule has 1 aliphatic heterocycles. The molecule has 0 spiro atoms. The zero-order valence-corrected chi connectivity index (χ0v) is 6.91. The van der Waals surface area contributed by atoms with Crippen LogP contribution in [-0.2, 0) is 0 Å². The molecule has 0 fully saturated rings. The maximum Gasteiger partial charge on any atom is 0.0305 e. The van der Waals surface area contributed by atoms with Crippen molar-refractivity contribution in [3.63, 3.8) is 0 Å². The molecule has 1 atom stereocenters. The van der Waals surface area contributed by atoms with Crippen molar-refractivity contribution in [3.8, 4) is 0 Å². The Morgan fingerprint density at radius 2 is 2.57 bits per heavy atom. The van der Waals surface area contributed by atoms with Gasteiger partial charge in [-0.15, -0.1) is 11.8 Å². The van der Waals surface area contributed by atoms with Crippen LogP contribution in [0.25, 0.3) is 0 Å². The van der Waals surface area contributed by atoms with E-state index in [1.165, 1.54) is 12.2 Å². The van der Waals surface area contributed by atoms with Crippen LogP contribution in [-0.4, -0.2) is 9.68 Å². The van der Waals surface area contributed by atoms with Crippen LogP contribution in [0.5, 0.6) is 0 Å². The third kappa shape index (κ3) is 2.04. The number of alkyl halides is 1. The fraction of sp³-hybridized carbons (Fsp3) is 0.600. The first-order valence-corrected chi connectivity index (χ1v) is 4.61. The minimum Gasteiger partial charge on any atom is -0.134 e. The summed E-state index contributed by atoms with van der Waals surface area (Å²) in [5, 5.41) is 2.20. The number of halogens is 1. The van der Waals surface area contributed by atoms with Gasteiger partial charge in [-0.3, -0.25) is 0 Å². The van der Waals surface area contributed by atoms with Crippen LogP contribution in [0.4, 0.5) is 0 Å². The topological polar surface area (TPSA) is 0 Å². The molecule has 0 aromatic carbocycles. The highest BCUT2D eigenvalue weighted by molar-refractivity contribution is 14.1. The zero-order chi connectivity index (χ0) is 5.11. The van der Waals surface area contributed by atoms with Crippen LogP contribution in [0.2, 0.25) is 0 Å². The summed E-state index contributed by atoms with van der Waals surface area (Å²) in [6.45, 7) is 0. The molecule has 0 aromatic heterocycles. The summed E-state index contributed by atoms with van der Waals surface area (Å²) in [5.41, 5.74) is 0. The lowest BCUT2D eigenvalue weighted by molar-refractivity contribution is 1.02. The molecular formula is C5H7IS. The van der Waals surface area contributed by atoms with Crippen LogP contribution in [0.1, 0.15) is 6.42 Å². The quantitative estimate of drug-likeness (QED) is 0.451. The van der Waals surface area contributed by atoms with E-state index in [2.05, 4.69) is 34.1 Å². The minimum absolute atomic E-state index is 0.804. The predicted octanol–water partition coefficient (Wildman–Crippen LogP) is 2.44. The van der Waals surface area contributed by atoms with Crippen molar-refractivity contribution in [2.24, 2.45) is 0 Å². The lowest BCUT2D eigenvalue weighted by Gasteiger charge is -2.06. The molecule has 0 radical (unpaired) electrons. The summed E-state index contributed by atoms with van der Waals surface area (Å²) >= 11 is 4.37. The summed E-state index contributed by atoms with van der Waals surface area (Å²) < 4.78 is 0.804. The first-order valence-electron chi connectivity index (χ1n) is 2.32. The molecular weight excluding hydrogens is 219 g/mol. The van der Waals surface area contributed by atoms with E-state index < -0.39 is 0 Å². The molecule has 0 amide bonds. The first kappa shape index (κ1) is 5.95. The van der Waals surface area contributed by atoms with Gasteiger partial charge in [0, 0.05) is 3.92 Å². The summed E-state index contributed by atoms with van der Waals surface area (Å²) in [6, 6.07) is 0. The Labute approximate surface area is 61.9 Å². The number of hydrogen-bond donors (Lipinski definition) is 0. The van der Waals surface area contributed by atoms with Crippen LogP contribution in [0.15, 0.2) is 11.5 Å². The molecule has 0 saturated heterocycles. The average Bonchev–Trinajstić information content (AvgIpc) is 1.69. The van der Waals surface area contributed by atoms with Crippen LogP contribution < -0.4 is 0 Å². The van der Waals surface area contributed by atoms with Crippen molar-refractivity contribution in [2.45, 2.75) is 10.3 Å². The fourth-order valence-corrected chi connectivity index (χ4v) is 2.54. The molecule has 0 aromatic rings. The lowest BCUT2D eigenvalue weighted by atomic mass is 10.3. The molecule has 0 saturated carbocycles. The highest BCUT2D eigenvalue weighted by atomic mass is 127. The molecule has 1 rings (SSSR count). The van der Waals surface area contributed by atoms with Crippen LogP contribution in [0, 0.1) is 0 Å². The van der Waals surface area contributed by atoms with Gasteiger partial charge in [-0.25, -0.2) is 0 Å².